The van der Waals surface area contributed by atoms with Gasteiger partial charge >= 0.3 is 0 Å². The number of Topliss-reactive ketones (excluding diaryl/α,β-unsaturated/α-hetero) is 2. The van der Waals surface area contributed by atoms with Gasteiger partial charge in [-0.1, -0.05) is 12.1 Å². The fourth-order valence-electron chi connectivity index (χ4n) is 5.34. The molecule has 1 aliphatic carbocycles. The van der Waals surface area contributed by atoms with E-state index in [4.69, 9.17) is 0 Å². The van der Waals surface area contributed by atoms with E-state index in [1.807, 2.05) is 0 Å². The van der Waals surface area contributed by atoms with Crippen LogP contribution in [-0.4, -0.2) is 47.3 Å². The number of hydrogen-bond donors (Lipinski definition) is 7. The van der Waals surface area contributed by atoms with E-state index in [0.717, 1.165) is 12.1 Å². The number of aromatic hydroxyl groups is 6. The van der Waals surface area contributed by atoms with Crippen LogP contribution in [0.3, 0.4) is 0 Å². The topological polar surface area (TPSA) is 176 Å². The summed E-state index contributed by atoms with van der Waals surface area (Å²) in [5.74, 6) is -7.14. The third-order valence-electron chi connectivity index (χ3n) is 7.18. The van der Waals surface area contributed by atoms with Gasteiger partial charge in [0.05, 0.1) is 17.6 Å². The number of carbonyl (C=O) groups excluding carboxylic acids is 2. The summed E-state index contributed by atoms with van der Waals surface area (Å²) in [6.07, 6.45) is -1.62. The molecule has 4 aromatic carbocycles. The van der Waals surface area contributed by atoms with Crippen LogP contribution in [0.5, 0.6) is 34.5 Å². The summed E-state index contributed by atoms with van der Waals surface area (Å²) in [6.45, 7) is 0. The molecule has 9 heteroatoms. The average molecular weight is 529 g/mol. The molecule has 0 unspecified atom stereocenters. The third kappa shape index (κ3) is 4.49. The molecule has 0 radical (unpaired) electrons. The molecule has 39 heavy (non-hydrogen) atoms. The minimum absolute atomic E-state index is 0.0563. The molecule has 5 rings (SSSR count). The van der Waals surface area contributed by atoms with Crippen molar-refractivity contribution in [2.45, 2.75) is 12.0 Å². The van der Waals surface area contributed by atoms with Crippen LogP contribution < -0.4 is 0 Å². The van der Waals surface area contributed by atoms with E-state index < -0.39 is 52.7 Å². The van der Waals surface area contributed by atoms with Gasteiger partial charge in [0, 0.05) is 23.5 Å². The predicted octanol–water partition coefficient (Wildman–Crippen LogP) is 4.10. The van der Waals surface area contributed by atoms with Crippen LogP contribution in [0.25, 0.3) is 0 Å². The second-order valence-corrected chi connectivity index (χ2v) is 9.51. The maximum absolute atomic E-state index is 14.2. The zero-order valence-electron chi connectivity index (χ0n) is 20.3. The Balaban J connectivity index is 1.79. The van der Waals surface area contributed by atoms with E-state index in [1.54, 1.807) is 0 Å². The molecule has 1 aliphatic rings. The normalized spacial score (nSPS) is 20.2. The molecule has 4 atom stereocenters. The summed E-state index contributed by atoms with van der Waals surface area (Å²) in [6, 6.07) is 16.9. The highest BCUT2D eigenvalue weighted by atomic mass is 16.3. The zero-order valence-corrected chi connectivity index (χ0v) is 20.3. The van der Waals surface area contributed by atoms with Crippen LogP contribution in [0.1, 0.15) is 49.4 Å². The van der Waals surface area contributed by atoms with Crippen molar-refractivity contribution >= 4 is 11.6 Å². The van der Waals surface area contributed by atoms with Gasteiger partial charge in [-0.3, -0.25) is 9.59 Å². The first-order valence-electron chi connectivity index (χ1n) is 12.0. The maximum atomic E-state index is 14.2. The molecule has 0 saturated heterocycles. The van der Waals surface area contributed by atoms with E-state index >= 15 is 0 Å². The van der Waals surface area contributed by atoms with Crippen LogP contribution in [0.15, 0.2) is 78.9 Å². The highest BCUT2D eigenvalue weighted by Crippen LogP contribution is 2.53. The van der Waals surface area contributed by atoms with Crippen molar-refractivity contribution in [3.63, 3.8) is 0 Å². The molecule has 0 fully saturated rings. The van der Waals surface area contributed by atoms with E-state index in [2.05, 4.69) is 0 Å². The van der Waals surface area contributed by atoms with Crippen molar-refractivity contribution in [2.24, 2.45) is 11.8 Å². The van der Waals surface area contributed by atoms with Crippen LogP contribution in [0, 0.1) is 11.8 Å². The largest absolute Gasteiger partial charge is 0.508 e. The molecular formula is C30H24O9. The lowest BCUT2D eigenvalue weighted by Crippen LogP contribution is -2.42. The summed E-state index contributed by atoms with van der Waals surface area (Å²) in [4.78, 5) is 28.1. The molecule has 0 amide bonds. The van der Waals surface area contributed by atoms with Crippen LogP contribution >= 0.6 is 0 Å². The van der Waals surface area contributed by atoms with Gasteiger partial charge in [0.15, 0.2) is 23.1 Å². The number of phenolic OH excluding ortho intramolecular Hbond substituents is 6. The molecular weight excluding hydrogens is 504 g/mol. The Morgan fingerprint density at radius 1 is 0.538 bits per heavy atom. The van der Waals surface area contributed by atoms with Crippen molar-refractivity contribution in [2.75, 3.05) is 0 Å². The van der Waals surface area contributed by atoms with Gasteiger partial charge in [-0.05, 0) is 77.4 Å². The minimum Gasteiger partial charge on any atom is -0.508 e. The fraction of sp³-hybridized carbons (Fsp3) is 0.133. The zero-order chi connectivity index (χ0) is 28.0. The molecule has 0 heterocycles. The van der Waals surface area contributed by atoms with Crippen molar-refractivity contribution < 1.29 is 45.3 Å². The Labute approximate surface area is 222 Å². The van der Waals surface area contributed by atoms with E-state index in [0.29, 0.717) is 5.56 Å². The standard InChI is InChI=1S/C30H24O9/c31-16-5-1-14(2-6-16)25-20-12-23(35)24(36)13-21(20)30(39)27(28(37)15-3-7-17(32)8-4-15)26(25)29(38)19-10-9-18(33)11-22(19)34/h1-13,25-27,30-36,39H/t25-,26-,27+,30+/m1/s1. The van der Waals surface area contributed by atoms with Crippen LogP contribution in [0.2, 0.25) is 0 Å². The molecule has 4 aromatic rings. The molecule has 7 N–H and O–H groups in total. The highest BCUT2D eigenvalue weighted by molar-refractivity contribution is 6.07. The predicted molar refractivity (Wildman–Crippen MR) is 138 cm³/mol. The number of carbonyl (C=O) groups is 2. The smallest absolute Gasteiger partial charge is 0.171 e. The SMILES string of the molecule is O=C(c1ccc(O)cc1O)[C@@H]1[C@H](c2ccc(O)cc2)c2cc(O)c(O)cc2[C@H](O)[C@@H]1C(=O)c1ccc(O)cc1. The molecule has 0 aromatic heterocycles. The highest BCUT2D eigenvalue weighted by Gasteiger charge is 2.50. The lowest BCUT2D eigenvalue weighted by atomic mass is 9.61. The number of aliphatic hydroxyl groups excluding tert-OH is 1. The number of hydrogen-bond acceptors (Lipinski definition) is 9. The molecule has 9 nitrogen and oxygen atoms in total. The molecule has 198 valence electrons. The summed E-state index contributed by atoms with van der Waals surface area (Å²) in [5.41, 5.74) is 0.713. The number of aliphatic hydroxyl groups is 1. The minimum atomic E-state index is -1.62. The van der Waals surface area contributed by atoms with Gasteiger partial charge in [0.2, 0.25) is 0 Å². The third-order valence-corrected chi connectivity index (χ3v) is 7.18. The van der Waals surface area contributed by atoms with Crippen molar-refractivity contribution in [1.29, 1.82) is 0 Å². The molecule has 0 bridgehead atoms. The van der Waals surface area contributed by atoms with Crippen molar-refractivity contribution in [3.8, 4) is 34.5 Å². The maximum Gasteiger partial charge on any atom is 0.171 e. The quantitative estimate of drug-likeness (QED) is 0.148. The van der Waals surface area contributed by atoms with Crippen LogP contribution in [-0.2, 0) is 0 Å². The van der Waals surface area contributed by atoms with Crippen molar-refractivity contribution in [1.82, 2.24) is 0 Å². The Morgan fingerprint density at radius 2 is 1.08 bits per heavy atom. The summed E-state index contributed by atoms with van der Waals surface area (Å²) >= 11 is 0. The Hall–Kier alpha value is -5.02. The lowest BCUT2D eigenvalue weighted by Gasteiger charge is -2.41. The lowest BCUT2D eigenvalue weighted by molar-refractivity contribution is 0.0374. The second-order valence-electron chi connectivity index (χ2n) is 9.51. The van der Waals surface area contributed by atoms with Crippen LogP contribution in [0.4, 0.5) is 0 Å². The van der Waals surface area contributed by atoms with Gasteiger partial charge < -0.3 is 35.7 Å². The average Bonchev–Trinajstić information content (AvgIpc) is 2.90. The second kappa shape index (κ2) is 9.70. The molecule has 0 spiro atoms. The first-order valence-corrected chi connectivity index (χ1v) is 12.0. The Bertz CT molecular complexity index is 1580. The fourth-order valence-corrected chi connectivity index (χ4v) is 5.34. The molecule has 0 saturated carbocycles. The Kier molecular flexibility index (Phi) is 6.37. The van der Waals surface area contributed by atoms with E-state index in [1.165, 1.54) is 66.7 Å². The van der Waals surface area contributed by atoms with Gasteiger partial charge in [0.1, 0.15) is 23.0 Å². The molecule has 0 aliphatic heterocycles. The van der Waals surface area contributed by atoms with Crippen molar-refractivity contribution in [3.05, 3.63) is 107 Å². The number of ketones is 2. The van der Waals surface area contributed by atoms with Gasteiger partial charge in [0.25, 0.3) is 0 Å². The summed E-state index contributed by atoms with van der Waals surface area (Å²) in [5, 5.41) is 72.0. The number of fused-ring (bicyclic) bond motifs is 1. The van der Waals surface area contributed by atoms with Gasteiger partial charge in [-0.2, -0.15) is 0 Å². The van der Waals surface area contributed by atoms with E-state index in [-0.39, 0.29) is 39.5 Å². The van der Waals surface area contributed by atoms with E-state index in [9.17, 15) is 45.3 Å². The number of benzene rings is 4. The van der Waals surface area contributed by atoms with Gasteiger partial charge in [-0.25, -0.2) is 0 Å². The van der Waals surface area contributed by atoms with Gasteiger partial charge in [-0.15, -0.1) is 0 Å². The number of rotatable bonds is 5. The first-order chi connectivity index (χ1) is 18.6. The number of phenols is 6. The summed E-state index contributed by atoms with van der Waals surface area (Å²) in [7, 11) is 0. The Morgan fingerprint density at radius 3 is 1.67 bits per heavy atom. The monoisotopic (exact) mass is 528 g/mol. The summed E-state index contributed by atoms with van der Waals surface area (Å²) < 4.78 is 0. The first kappa shape index (κ1) is 25.6.